The molecule has 1 aliphatic rings. The number of carbonyl (C=O) groups is 3. The lowest BCUT2D eigenvalue weighted by atomic mass is 10.1. The zero-order valence-corrected chi connectivity index (χ0v) is 16.6. The Morgan fingerprint density at radius 3 is 2.41 bits per heavy atom. The summed E-state index contributed by atoms with van der Waals surface area (Å²) in [4.78, 5) is 38.7. The monoisotopic (exact) mass is 393 g/mol. The second kappa shape index (κ2) is 9.87. The highest BCUT2D eigenvalue weighted by Crippen LogP contribution is 2.24. The summed E-state index contributed by atoms with van der Waals surface area (Å²) in [5.74, 6) is -0.996. The fraction of sp³-hybridized carbons (Fsp3) is 0.348. The largest absolute Gasteiger partial charge is 0.354 e. The van der Waals surface area contributed by atoms with Crippen LogP contribution in [0.15, 0.2) is 60.7 Å². The summed E-state index contributed by atoms with van der Waals surface area (Å²) in [6.07, 6.45) is 1.88. The molecule has 2 N–H and O–H groups in total. The van der Waals surface area contributed by atoms with Crippen LogP contribution in [-0.2, 0) is 20.8 Å². The molecule has 0 bridgehead atoms. The van der Waals surface area contributed by atoms with E-state index in [1.165, 1.54) is 5.56 Å². The van der Waals surface area contributed by atoms with Crippen LogP contribution in [0.1, 0.15) is 25.3 Å². The number of anilines is 1. The molecule has 3 amide bonds. The predicted octanol–water partition coefficient (Wildman–Crippen LogP) is 2.29. The number of carbonyl (C=O) groups excluding carboxylic acids is 3. The number of para-hydroxylation sites is 1. The van der Waals surface area contributed by atoms with E-state index in [1.54, 1.807) is 11.8 Å². The third-order valence-electron chi connectivity index (χ3n) is 5.10. The quantitative estimate of drug-likeness (QED) is 0.676. The lowest BCUT2D eigenvalue weighted by molar-refractivity contribution is -0.130. The van der Waals surface area contributed by atoms with E-state index in [1.807, 2.05) is 48.5 Å². The maximum Gasteiger partial charge on any atom is 0.242 e. The van der Waals surface area contributed by atoms with Crippen molar-refractivity contribution in [2.75, 3.05) is 18.0 Å². The maximum atomic E-state index is 12.5. The Morgan fingerprint density at radius 1 is 1.07 bits per heavy atom. The number of nitrogens with one attached hydrogen (secondary N) is 2. The van der Waals surface area contributed by atoms with Gasteiger partial charge in [0.25, 0.3) is 0 Å². The Kier molecular flexibility index (Phi) is 7.00. The zero-order valence-electron chi connectivity index (χ0n) is 16.6. The third-order valence-corrected chi connectivity index (χ3v) is 5.10. The summed E-state index contributed by atoms with van der Waals surface area (Å²) in [6.45, 7) is 2.55. The molecule has 152 valence electrons. The molecule has 1 saturated heterocycles. The van der Waals surface area contributed by atoms with Crippen molar-refractivity contribution in [1.29, 1.82) is 0 Å². The minimum absolute atomic E-state index is 0.0747. The van der Waals surface area contributed by atoms with Gasteiger partial charge in [-0.1, -0.05) is 48.5 Å². The van der Waals surface area contributed by atoms with E-state index in [4.69, 9.17) is 0 Å². The van der Waals surface area contributed by atoms with Crippen molar-refractivity contribution in [3.63, 3.8) is 0 Å². The van der Waals surface area contributed by atoms with Gasteiger partial charge in [0.2, 0.25) is 17.7 Å². The van der Waals surface area contributed by atoms with Crippen LogP contribution < -0.4 is 15.5 Å². The molecule has 0 aliphatic carbocycles. The Morgan fingerprint density at radius 2 is 1.72 bits per heavy atom. The fourth-order valence-electron chi connectivity index (χ4n) is 3.44. The summed E-state index contributed by atoms with van der Waals surface area (Å²) < 4.78 is 0. The average Bonchev–Trinajstić information content (AvgIpc) is 3.14. The first-order valence-corrected chi connectivity index (χ1v) is 10.0. The van der Waals surface area contributed by atoms with Gasteiger partial charge in [-0.05, 0) is 37.5 Å². The van der Waals surface area contributed by atoms with Gasteiger partial charge >= 0.3 is 0 Å². The summed E-state index contributed by atoms with van der Waals surface area (Å²) in [7, 11) is 0. The number of amides is 3. The number of nitrogens with zero attached hydrogens (tertiary/aromatic N) is 1. The highest BCUT2D eigenvalue weighted by Gasteiger charge is 2.35. The van der Waals surface area contributed by atoms with E-state index >= 15 is 0 Å². The average molecular weight is 393 g/mol. The molecule has 29 heavy (non-hydrogen) atoms. The lowest BCUT2D eigenvalue weighted by Crippen LogP contribution is -2.47. The van der Waals surface area contributed by atoms with Crippen LogP contribution in [0.2, 0.25) is 0 Å². The van der Waals surface area contributed by atoms with Crippen molar-refractivity contribution in [2.24, 2.45) is 5.92 Å². The Labute approximate surface area is 171 Å². The van der Waals surface area contributed by atoms with Crippen LogP contribution in [-0.4, -0.2) is 36.9 Å². The molecule has 1 unspecified atom stereocenters. The van der Waals surface area contributed by atoms with Crippen molar-refractivity contribution in [3.05, 3.63) is 66.2 Å². The van der Waals surface area contributed by atoms with E-state index < -0.39 is 12.0 Å². The van der Waals surface area contributed by atoms with Gasteiger partial charge in [0.1, 0.15) is 6.04 Å². The van der Waals surface area contributed by atoms with Crippen molar-refractivity contribution in [1.82, 2.24) is 10.6 Å². The van der Waals surface area contributed by atoms with Gasteiger partial charge in [-0.3, -0.25) is 14.4 Å². The van der Waals surface area contributed by atoms with Crippen molar-refractivity contribution in [3.8, 4) is 0 Å². The maximum absolute atomic E-state index is 12.5. The topological polar surface area (TPSA) is 78.5 Å². The van der Waals surface area contributed by atoms with Crippen LogP contribution in [0.3, 0.4) is 0 Å². The van der Waals surface area contributed by atoms with Gasteiger partial charge in [0.15, 0.2) is 0 Å². The summed E-state index contributed by atoms with van der Waals surface area (Å²) >= 11 is 0. The fourth-order valence-corrected chi connectivity index (χ4v) is 3.44. The molecular weight excluding hydrogens is 366 g/mol. The molecule has 1 aliphatic heterocycles. The molecule has 0 spiro atoms. The van der Waals surface area contributed by atoms with Crippen molar-refractivity contribution < 1.29 is 14.4 Å². The molecule has 3 rings (SSSR count). The first-order chi connectivity index (χ1) is 14.0. The van der Waals surface area contributed by atoms with Gasteiger partial charge in [-0.15, -0.1) is 0 Å². The molecule has 0 saturated carbocycles. The molecule has 2 aromatic rings. The van der Waals surface area contributed by atoms with E-state index in [-0.39, 0.29) is 24.1 Å². The second-order valence-electron chi connectivity index (χ2n) is 7.35. The van der Waals surface area contributed by atoms with E-state index in [0.717, 1.165) is 18.5 Å². The number of hydrogen-bond acceptors (Lipinski definition) is 3. The van der Waals surface area contributed by atoms with Gasteiger partial charge < -0.3 is 15.5 Å². The zero-order chi connectivity index (χ0) is 20.6. The number of rotatable bonds is 8. The molecule has 1 fully saturated rings. The molecule has 2 aromatic carbocycles. The minimum Gasteiger partial charge on any atom is -0.354 e. The SMILES string of the molecule is C[C@H](NC(=O)C1CC(=O)N(c2ccccc2)C1)C(=O)NCCCc1ccccc1. The number of hydrogen-bond donors (Lipinski definition) is 2. The normalized spacial score (nSPS) is 17.1. The Bertz CT molecular complexity index is 839. The van der Waals surface area contributed by atoms with Crippen LogP contribution >= 0.6 is 0 Å². The highest BCUT2D eigenvalue weighted by atomic mass is 16.2. The second-order valence-corrected chi connectivity index (χ2v) is 7.35. The molecule has 1 heterocycles. The molecule has 0 radical (unpaired) electrons. The molecular formula is C23H27N3O3. The molecule has 6 nitrogen and oxygen atoms in total. The highest BCUT2D eigenvalue weighted by molar-refractivity contribution is 6.01. The van der Waals surface area contributed by atoms with Crippen LogP contribution in [0.5, 0.6) is 0 Å². The summed E-state index contributed by atoms with van der Waals surface area (Å²) in [5.41, 5.74) is 2.02. The van der Waals surface area contributed by atoms with Crippen LogP contribution in [0.25, 0.3) is 0 Å². The Hall–Kier alpha value is -3.15. The van der Waals surface area contributed by atoms with Crippen LogP contribution in [0.4, 0.5) is 5.69 Å². The first-order valence-electron chi connectivity index (χ1n) is 10.0. The lowest BCUT2D eigenvalue weighted by Gasteiger charge is -2.18. The van der Waals surface area contributed by atoms with Crippen LogP contribution in [0, 0.1) is 5.92 Å². The van der Waals surface area contributed by atoms with Gasteiger partial charge in [-0.25, -0.2) is 0 Å². The van der Waals surface area contributed by atoms with E-state index in [0.29, 0.717) is 13.1 Å². The molecule has 0 aromatic heterocycles. The number of benzene rings is 2. The van der Waals surface area contributed by atoms with E-state index in [2.05, 4.69) is 22.8 Å². The smallest absolute Gasteiger partial charge is 0.242 e. The Balaban J connectivity index is 1.41. The van der Waals surface area contributed by atoms with Gasteiger partial charge in [0.05, 0.1) is 5.92 Å². The first kappa shape index (κ1) is 20.6. The standard InChI is InChI=1S/C23H27N3O3/c1-17(22(28)24-14-8-11-18-9-4-2-5-10-18)25-23(29)19-15-21(27)26(16-19)20-12-6-3-7-13-20/h2-7,9-10,12-13,17,19H,8,11,14-16H2,1H3,(H,24,28)(H,25,29)/t17-,19?/m0/s1. The predicted molar refractivity (Wildman–Crippen MR) is 112 cm³/mol. The number of aryl methyl sites for hydroxylation is 1. The van der Waals surface area contributed by atoms with E-state index in [9.17, 15) is 14.4 Å². The van der Waals surface area contributed by atoms with Crippen molar-refractivity contribution >= 4 is 23.4 Å². The van der Waals surface area contributed by atoms with Gasteiger partial charge in [-0.2, -0.15) is 0 Å². The minimum atomic E-state index is -0.639. The summed E-state index contributed by atoms with van der Waals surface area (Å²) in [5, 5.41) is 5.60. The van der Waals surface area contributed by atoms with Crippen molar-refractivity contribution in [2.45, 2.75) is 32.2 Å². The third kappa shape index (κ3) is 5.67. The van der Waals surface area contributed by atoms with Gasteiger partial charge in [0, 0.05) is 25.2 Å². The molecule has 6 heteroatoms. The molecule has 2 atom stereocenters. The summed E-state index contributed by atoms with van der Waals surface area (Å²) in [6, 6.07) is 18.8.